The van der Waals surface area contributed by atoms with Crippen molar-refractivity contribution in [3.63, 3.8) is 0 Å². The molecule has 0 spiro atoms. The summed E-state index contributed by atoms with van der Waals surface area (Å²) in [6.07, 6.45) is -5.07. The number of halogens is 3. The van der Waals surface area contributed by atoms with Gasteiger partial charge in [-0.2, -0.15) is 13.2 Å². The molecule has 1 aliphatic rings. The molecular formula is C12H20F3NO3. The minimum absolute atomic E-state index is 0.151. The number of aliphatic carboxylic acids is 1. The molecule has 2 N–H and O–H groups in total. The van der Waals surface area contributed by atoms with E-state index in [0.717, 1.165) is 6.92 Å². The lowest BCUT2D eigenvalue weighted by Gasteiger charge is -2.34. The van der Waals surface area contributed by atoms with E-state index in [1.807, 2.05) is 0 Å². The van der Waals surface area contributed by atoms with Crippen LogP contribution in [0.2, 0.25) is 0 Å². The van der Waals surface area contributed by atoms with E-state index < -0.39 is 30.4 Å². The van der Waals surface area contributed by atoms with E-state index >= 15 is 0 Å². The summed E-state index contributed by atoms with van der Waals surface area (Å²) in [4.78, 5) is 11.5. The number of rotatable bonds is 7. The fourth-order valence-corrected chi connectivity index (χ4v) is 2.02. The molecule has 0 aromatic carbocycles. The van der Waals surface area contributed by atoms with Crippen molar-refractivity contribution in [2.45, 2.75) is 57.5 Å². The first-order chi connectivity index (χ1) is 8.59. The van der Waals surface area contributed by atoms with E-state index in [4.69, 9.17) is 4.74 Å². The maximum atomic E-state index is 12.4. The minimum atomic E-state index is -4.48. The maximum Gasteiger partial charge on any atom is 0.414 e. The lowest BCUT2D eigenvalue weighted by atomic mass is 9.93. The molecule has 1 saturated carbocycles. The Hall–Kier alpha value is -0.820. The normalized spacial score (nSPS) is 21.2. The van der Waals surface area contributed by atoms with Crippen LogP contribution in [0.3, 0.4) is 0 Å². The average Bonchev–Trinajstić information content (AvgIpc) is 3.05. The molecule has 0 amide bonds. The molecule has 0 aromatic heterocycles. The van der Waals surface area contributed by atoms with Gasteiger partial charge in [0.1, 0.15) is 5.54 Å². The Bertz CT molecular complexity index is 329. The predicted molar refractivity (Wildman–Crippen MR) is 62.8 cm³/mol. The van der Waals surface area contributed by atoms with E-state index in [0.29, 0.717) is 12.8 Å². The maximum absolute atomic E-state index is 12.4. The van der Waals surface area contributed by atoms with Gasteiger partial charge in [-0.1, -0.05) is 0 Å². The predicted octanol–water partition coefficient (Wildman–Crippen LogP) is 2.19. The van der Waals surface area contributed by atoms with E-state index in [1.165, 1.54) is 0 Å². The Morgan fingerprint density at radius 1 is 1.37 bits per heavy atom. The molecule has 0 aliphatic heterocycles. The average molecular weight is 283 g/mol. The minimum Gasteiger partial charge on any atom is -0.480 e. The fraction of sp³-hybridized carbons (Fsp3) is 0.917. The van der Waals surface area contributed by atoms with Gasteiger partial charge in [-0.3, -0.25) is 10.1 Å². The van der Waals surface area contributed by atoms with Crippen LogP contribution in [0.25, 0.3) is 0 Å². The SMILES string of the molecule is CC(C)NC(COC(C)C(F)(F)F)(C(=O)O)C1CC1. The molecular weight excluding hydrogens is 263 g/mol. The van der Waals surface area contributed by atoms with Gasteiger partial charge in [0.25, 0.3) is 0 Å². The molecule has 1 rings (SSSR count). The zero-order valence-corrected chi connectivity index (χ0v) is 11.3. The largest absolute Gasteiger partial charge is 0.480 e. The summed E-state index contributed by atoms with van der Waals surface area (Å²) < 4.78 is 42.0. The van der Waals surface area contributed by atoms with Crippen LogP contribution in [0.15, 0.2) is 0 Å². The highest BCUT2D eigenvalue weighted by molar-refractivity contribution is 5.80. The van der Waals surface area contributed by atoms with Crippen molar-refractivity contribution in [2.24, 2.45) is 5.92 Å². The number of carboxylic acids is 1. The second-order valence-corrected chi connectivity index (χ2v) is 5.34. The number of hydrogen-bond donors (Lipinski definition) is 2. The van der Waals surface area contributed by atoms with Crippen LogP contribution in [0.1, 0.15) is 33.6 Å². The molecule has 2 atom stereocenters. The summed E-state index contributed by atoms with van der Waals surface area (Å²) >= 11 is 0. The van der Waals surface area contributed by atoms with Gasteiger partial charge in [0, 0.05) is 6.04 Å². The third-order valence-electron chi connectivity index (χ3n) is 3.22. The Morgan fingerprint density at radius 2 is 1.89 bits per heavy atom. The van der Waals surface area contributed by atoms with Crippen molar-refractivity contribution < 1.29 is 27.8 Å². The van der Waals surface area contributed by atoms with Crippen LogP contribution < -0.4 is 5.32 Å². The van der Waals surface area contributed by atoms with Gasteiger partial charge in [-0.15, -0.1) is 0 Å². The smallest absolute Gasteiger partial charge is 0.414 e. The van der Waals surface area contributed by atoms with Gasteiger partial charge >= 0.3 is 12.1 Å². The number of carboxylic acid groups (broad SMARTS) is 1. The Labute approximate surface area is 110 Å². The highest BCUT2D eigenvalue weighted by Gasteiger charge is 2.53. The monoisotopic (exact) mass is 283 g/mol. The Kier molecular flexibility index (Phi) is 4.84. The van der Waals surface area contributed by atoms with Crippen LogP contribution in [0.5, 0.6) is 0 Å². The van der Waals surface area contributed by atoms with Gasteiger partial charge in [-0.05, 0) is 39.5 Å². The van der Waals surface area contributed by atoms with Crippen molar-refractivity contribution in [2.75, 3.05) is 6.61 Å². The molecule has 1 fully saturated rings. The van der Waals surface area contributed by atoms with Crippen molar-refractivity contribution in [3.8, 4) is 0 Å². The molecule has 0 bridgehead atoms. The van der Waals surface area contributed by atoms with Gasteiger partial charge in [0.15, 0.2) is 6.10 Å². The van der Waals surface area contributed by atoms with Gasteiger partial charge in [0.2, 0.25) is 0 Å². The summed E-state index contributed by atoms with van der Waals surface area (Å²) in [7, 11) is 0. The van der Waals surface area contributed by atoms with Gasteiger partial charge in [-0.25, -0.2) is 0 Å². The molecule has 19 heavy (non-hydrogen) atoms. The fourth-order valence-electron chi connectivity index (χ4n) is 2.02. The number of nitrogens with one attached hydrogen (secondary N) is 1. The number of hydrogen-bond acceptors (Lipinski definition) is 3. The number of alkyl halides is 3. The molecule has 4 nitrogen and oxygen atoms in total. The van der Waals surface area contributed by atoms with Crippen LogP contribution in [-0.4, -0.2) is 41.5 Å². The Morgan fingerprint density at radius 3 is 2.21 bits per heavy atom. The topological polar surface area (TPSA) is 58.6 Å². The summed E-state index contributed by atoms with van der Waals surface area (Å²) in [6, 6.07) is -0.151. The van der Waals surface area contributed by atoms with Crippen molar-refractivity contribution in [1.82, 2.24) is 5.32 Å². The van der Waals surface area contributed by atoms with Gasteiger partial charge in [0.05, 0.1) is 6.61 Å². The van der Waals surface area contributed by atoms with Crippen LogP contribution in [0.4, 0.5) is 13.2 Å². The molecule has 7 heteroatoms. The van der Waals surface area contributed by atoms with Crippen molar-refractivity contribution >= 4 is 5.97 Å². The zero-order valence-electron chi connectivity index (χ0n) is 11.3. The molecule has 2 unspecified atom stereocenters. The lowest BCUT2D eigenvalue weighted by molar-refractivity contribution is -0.220. The number of ether oxygens (including phenoxy) is 1. The highest BCUT2D eigenvalue weighted by atomic mass is 19.4. The van der Waals surface area contributed by atoms with E-state index in [2.05, 4.69) is 5.32 Å². The summed E-state index contributed by atoms with van der Waals surface area (Å²) in [6.45, 7) is 3.92. The van der Waals surface area contributed by atoms with Crippen molar-refractivity contribution in [1.29, 1.82) is 0 Å². The standard InChI is InChI=1S/C12H20F3NO3/c1-7(2)16-11(10(17)18,9-4-5-9)6-19-8(3)12(13,14)15/h7-9,16H,4-6H2,1-3H3,(H,17,18). The second-order valence-electron chi connectivity index (χ2n) is 5.34. The molecule has 0 saturated heterocycles. The van der Waals surface area contributed by atoms with Crippen LogP contribution >= 0.6 is 0 Å². The Balaban J connectivity index is 2.77. The van der Waals surface area contributed by atoms with Crippen LogP contribution in [0, 0.1) is 5.92 Å². The van der Waals surface area contributed by atoms with Crippen molar-refractivity contribution in [3.05, 3.63) is 0 Å². The summed E-state index contributed by atoms with van der Waals surface area (Å²) in [5, 5.41) is 12.2. The highest BCUT2D eigenvalue weighted by Crippen LogP contribution is 2.41. The third-order valence-corrected chi connectivity index (χ3v) is 3.22. The molecule has 112 valence electrons. The second kappa shape index (κ2) is 5.66. The number of carbonyl (C=O) groups is 1. The summed E-state index contributed by atoms with van der Waals surface area (Å²) in [5.74, 6) is -1.33. The van der Waals surface area contributed by atoms with E-state index in [-0.39, 0.29) is 12.0 Å². The van der Waals surface area contributed by atoms with Gasteiger partial charge < -0.3 is 9.84 Å². The first-order valence-corrected chi connectivity index (χ1v) is 6.29. The molecule has 0 radical (unpaired) electrons. The quantitative estimate of drug-likeness (QED) is 0.752. The first-order valence-electron chi connectivity index (χ1n) is 6.29. The van der Waals surface area contributed by atoms with Crippen LogP contribution in [-0.2, 0) is 9.53 Å². The third kappa shape index (κ3) is 4.07. The lowest BCUT2D eigenvalue weighted by Crippen LogP contribution is -2.60. The first kappa shape index (κ1) is 16.2. The molecule has 0 aromatic rings. The molecule has 0 heterocycles. The molecule has 1 aliphatic carbocycles. The summed E-state index contributed by atoms with van der Waals surface area (Å²) in [5.41, 5.74) is -1.42. The van der Waals surface area contributed by atoms with E-state index in [9.17, 15) is 23.1 Å². The van der Waals surface area contributed by atoms with E-state index in [1.54, 1.807) is 13.8 Å². The zero-order chi connectivity index (χ0) is 14.8.